The summed E-state index contributed by atoms with van der Waals surface area (Å²) in [5.74, 6) is -1.21. The van der Waals surface area contributed by atoms with E-state index < -0.39 is 23.7 Å². The largest absolute Gasteiger partial charge is 0.481 e. The Balaban J connectivity index is 2.17. The van der Waals surface area contributed by atoms with Crippen LogP contribution in [-0.4, -0.2) is 17.0 Å². The number of carbonyl (C=O) groups is 2. The summed E-state index contributed by atoms with van der Waals surface area (Å²) in [5.41, 5.74) is 0.513. The van der Waals surface area contributed by atoms with Crippen LogP contribution in [0.4, 0.5) is 4.39 Å². The first kappa shape index (κ1) is 15.8. The van der Waals surface area contributed by atoms with Crippen LogP contribution in [0.3, 0.4) is 0 Å². The minimum Gasteiger partial charge on any atom is -0.481 e. The Bertz CT molecular complexity index is 663. The molecule has 0 fully saturated rings. The van der Waals surface area contributed by atoms with Gasteiger partial charge in [0.25, 0.3) is 5.91 Å². The van der Waals surface area contributed by atoms with Gasteiger partial charge in [-0.25, -0.2) is 4.39 Å². The molecule has 0 saturated carbocycles. The van der Waals surface area contributed by atoms with Crippen LogP contribution in [0.5, 0.6) is 0 Å². The van der Waals surface area contributed by atoms with Crippen molar-refractivity contribution in [2.24, 2.45) is 0 Å². The molecule has 0 radical (unpaired) electrons. The summed E-state index contributed by atoms with van der Waals surface area (Å²) in [6.07, 6.45) is 0.350. The van der Waals surface area contributed by atoms with E-state index in [0.717, 1.165) is 0 Å². The van der Waals surface area contributed by atoms with Gasteiger partial charge in [-0.05, 0) is 29.8 Å². The fourth-order valence-corrected chi connectivity index (χ4v) is 2.04. The highest BCUT2D eigenvalue weighted by Crippen LogP contribution is 2.19. The molecule has 0 spiro atoms. The number of furan rings is 1. The number of aryl methyl sites for hydroxylation is 1. The van der Waals surface area contributed by atoms with Gasteiger partial charge < -0.3 is 14.8 Å². The summed E-state index contributed by atoms with van der Waals surface area (Å²) >= 11 is 0. The molecular formula is C16H16FNO4. The van der Waals surface area contributed by atoms with Crippen LogP contribution in [0, 0.1) is 5.82 Å². The molecule has 1 unspecified atom stereocenters. The third-order valence-corrected chi connectivity index (χ3v) is 3.19. The van der Waals surface area contributed by atoms with Crippen molar-refractivity contribution in [2.75, 3.05) is 0 Å². The molecule has 2 N–H and O–H groups in total. The van der Waals surface area contributed by atoms with Gasteiger partial charge in [0.1, 0.15) is 11.6 Å². The molecule has 1 amide bonds. The van der Waals surface area contributed by atoms with Gasteiger partial charge >= 0.3 is 5.97 Å². The zero-order valence-electron chi connectivity index (χ0n) is 12.0. The average Bonchev–Trinajstić information content (AvgIpc) is 2.96. The molecule has 0 aliphatic carbocycles. The first-order chi connectivity index (χ1) is 10.5. The van der Waals surface area contributed by atoms with E-state index in [2.05, 4.69) is 5.32 Å². The number of rotatable bonds is 6. The highest BCUT2D eigenvalue weighted by atomic mass is 19.1. The van der Waals surface area contributed by atoms with E-state index in [4.69, 9.17) is 9.52 Å². The summed E-state index contributed by atoms with van der Waals surface area (Å²) in [5, 5.41) is 11.6. The second-order valence-corrected chi connectivity index (χ2v) is 4.79. The second-order valence-electron chi connectivity index (χ2n) is 4.79. The predicted octanol–water partition coefficient (Wildman–Crippen LogP) is 2.93. The zero-order chi connectivity index (χ0) is 16.1. The molecule has 0 saturated heterocycles. The Labute approximate surface area is 126 Å². The van der Waals surface area contributed by atoms with Gasteiger partial charge in [-0.15, -0.1) is 0 Å². The van der Waals surface area contributed by atoms with Crippen molar-refractivity contribution in [1.29, 1.82) is 0 Å². The van der Waals surface area contributed by atoms with Crippen molar-refractivity contribution in [3.63, 3.8) is 0 Å². The fraction of sp³-hybridized carbons (Fsp3) is 0.250. The number of nitrogens with one attached hydrogen (secondary N) is 1. The SMILES string of the molecule is CCc1ccc(C(=O)NC(CC(=O)O)c2ccc(F)cc2)o1. The van der Waals surface area contributed by atoms with Crippen molar-refractivity contribution >= 4 is 11.9 Å². The molecule has 0 aliphatic heterocycles. The Morgan fingerprint density at radius 1 is 1.23 bits per heavy atom. The first-order valence-electron chi connectivity index (χ1n) is 6.86. The maximum absolute atomic E-state index is 13.0. The molecule has 5 nitrogen and oxygen atoms in total. The molecule has 0 aliphatic rings. The van der Waals surface area contributed by atoms with Crippen molar-refractivity contribution in [3.8, 4) is 0 Å². The quantitative estimate of drug-likeness (QED) is 0.860. The highest BCUT2D eigenvalue weighted by molar-refractivity contribution is 5.92. The molecule has 1 aromatic carbocycles. The summed E-state index contributed by atoms with van der Waals surface area (Å²) in [7, 11) is 0. The minimum absolute atomic E-state index is 0.120. The zero-order valence-corrected chi connectivity index (χ0v) is 12.0. The molecule has 1 aromatic heterocycles. The standard InChI is InChI=1S/C16H16FNO4/c1-2-12-7-8-14(22-12)16(21)18-13(9-15(19)20)10-3-5-11(17)6-4-10/h3-8,13H,2,9H2,1H3,(H,18,21)(H,19,20). The molecule has 2 aromatic rings. The lowest BCUT2D eigenvalue weighted by atomic mass is 10.0. The first-order valence-corrected chi connectivity index (χ1v) is 6.86. The van der Waals surface area contributed by atoms with Crippen LogP contribution in [0.25, 0.3) is 0 Å². The van der Waals surface area contributed by atoms with E-state index in [1.807, 2.05) is 6.92 Å². The summed E-state index contributed by atoms with van der Waals surface area (Å²) in [4.78, 5) is 23.1. The van der Waals surface area contributed by atoms with Gasteiger partial charge in [0.05, 0.1) is 12.5 Å². The number of benzene rings is 1. The van der Waals surface area contributed by atoms with Gasteiger partial charge in [-0.2, -0.15) is 0 Å². The lowest BCUT2D eigenvalue weighted by Crippen LogP contribution is -2.30. The summed E-state index contributed by atoms with van der Waals surface area (Å²) in [6.45, 7) is 1.90. The maximum atomic E-state index is 13.0. The van der Waals surface area contributed by atoms with E-state index >= 15 is 0 Å². The minimum atomic E-state index is -1.07. The van der Waals surface area contributed by atoms with Crippen molar-refractivity contribution < 1.29 is 23.5 Å². The number of halogens is 1. The van der Waals surface area contributed by atoms with Gasteiger partial charge in [-0.1, -0.05) is 19.1 Å². The summed E-state index contributed by atoms with van der Waals surface area (Å²) < 4.78 is 18.3. The number of hydrogen-bond acceptors (Lipinski definition) is 3. The average molecular weight is 305 g/mol. The lowest BCUT2D eigenvalue weighted by Gasteiger charge is -2.16. The normalized spacial score (nSPS) is 11.9. The van der Waals surface area contributed by atoms with E-state index in [9.17, 15) is 14.0 Å². The number of carboxylic acids is 1. The topological polar surface area (TPSA) is 79.5 Å². The molecule has 116 valence electrons. The Kier molecular flexibility index (Phi) is 4.93. The highest BCUT2D eigenvalue weighted by Gasteiger charge is 2.20. The molecule has 6 heteroatoms. The third-order valence-electron chi connectivity index (χ3n) is 3.19. The van der Waals surface area contributed by atoms with Crippen molar-refractivity contribution in [2.45, 2.75) is 25.8 Å². The Hall–Kier alpha value is -2.63. The fourth-order valence-electron chi connectivity index (χ4n) is 2.04. The number of carbonyl (C=O) groups excluding carboxylic acids is 1. The maximum Gasteiger partial charge on any atom is 0.305 e. The van der Waals surface area contributed by atoms with Crippen LogP contribution < -0.4 is 5.32 Å². The lowest BCUT2D eigenvalue weighted by molar-refractivity contribution is -0.137. The van der Waals surface area contributed by atoms with Crippen molar-refractivity contribution in [1.82, 2.24) is 5.32 Å². The molecule has 22 heavy (non-hydrogen) atoms. The van der Waals surface area contributed by atoms with E-state index in [0.29, 0.717) is 17.7 Å². The molecular weight excluding hydrogens is 289 g/mol. The van der Waals surface area contributed by atoms with Crippen molar-refractivity contribution in [3.05, 3.63) is 59.3 Å². The molecule has 1 atom stereocenters. The van der Waals surface area contributed by atoms with E-state index in [1.54, 1.807) is 6.07 Å². The molecule has 0 bridgehead atoms. The third kappa shape index (κ3) is 3.94. The number of aliphatic carboxylic acids is 1. The predicted molar refractivity (Wildman–Crippen MR) is 76.9 cm³/mol. The van der Waals surface area contributed by atoms with E-state index in [-0.39, 0.29) is 12.2 Å². The van der Waals surface area contributed by atoms with Gasteiger partial charge in [0.15, 0.2) is 5.76 Å². The molecule has 1 heterocycles. The van der Waals surface area contributed by atoms with Gasteiger partial charge in [0, 0.05) is 6.42 Å². The van der Waals surface area contributed by atoms with Gasteiger partial charge in [0.2, 0.25) is 0 Å². The second kappa shape index (κ2) is 6.89. The van der Waals surface area contributed by atoms with Crippen LogP contribution in [0.1, 0.15) is 41.3 Å². The van der Waals surface area contributed by atoms with Crippen LogP contribution in [-0.2, 0) is 11.2 Å². The number of carboxylic acid groups (broad SMARTS) is 1. The monoisotopic (exact) mass is 305 g/mol. The Morgan fingerprint density at radius 3 is 2.45 bits per heavy atom. The number of hydrogen-bond donors (Lipinski definition) is 2. The summed E-state index contributed by atoms with van der Waals surface area (Å²) in [6, 6.07) is 7.80. The molecule has 2 rings (SSSR count). The Morgan fingerprint density at radius 2 is 1.91 bits per heavy atom. The van der Waals surface area contributed by atoms with Gasteiger partial charge in [-0.3, -0.25) is 9.59 Å². The van der Waals surface area contributed by atoms with Crippen LogP contribution in [0.15, 0.2) is 40.8 Å². The smallest absolute Gasteiger partial charge is 0.305 e. The van der Waals surface area contributed by atoms with Crippen LogP contribution in [0.2, 0.25) is 0 Å². The number of amides is 1. The van der Waals surface area contributed by atoms with Crippen LogP contribution >= 0.6 is 0 Å². The van der Waals surface area contributed by atoms with E-state index in [1.165, 1.54) is 30.3 Å².